The van der Waals surface area contributed by atoms with Crippen LogP contribution in [0.25, 0.3) is 0 Å². The smallest absolute Gasteiger partial charge is 0.241 e. The Hall–Kier alpha value is -2.16. The number of hydrogen-bond acceptors (Lipinski definition) is 5. The number of benzene rings is 2. The van der Waals surface area contributed by atoms with Crippen LogP contribution in [0.15, 0.2) is 36.4 Å². The first-order valence-corrected chi connectivity index (χ1v) is 11.1. The Kier molecular flexibility index (Phi) is 7.62. The van der Waals surface area contributed by atoms with E-state index < -0.39 is 28.5 Å². The summed E-state index contributed by atoms with van der Waals surface area (Å²) in [7, 11) is -0.701. The number of anilines is 1. The number of methoxy groups -OCH3 is 2. The molecule has 2 aromatic rings. The fraction of sp³-hybridized carbons (Fsp3) is 0.316. The van der Waals surface area contributed by atoms with Crippen LogP contribution in [0.2, 0.25) is 10.0 Å². The van der Waals surface area contributed by atoms with Crippen molar-refractivity contribution >= 4 is 44.8 Å². The highest BCUT2D eigenvalue weighted by Crippen LogP contribution is 2.30. The summed E-state index contributed by atoms with van der Waals surface area (Å²) in [6, 6.07) is 9.08. The van der Waals surface area contributed by atoms with E-state index in [0.29, 0.717) is 17.1 Å². The zero-order chi connectivity index (χ0) is 21.8. The summed E-state index contributed by atoms with van der Waals surface area (Å²) in [5, 5.41) is 3.30. The van der Waals surface area contributed by atoms with Gasteiger partial charge in [-0.05, 0) is 43.3 Å². The van der Waals surface area contributed by atoms with Crippen molar-refractivity contribution in [1.82, 2.24) is 5.32 Å². The summed E-state index contributed by atoms with van der Waals surface area (Å²) < 4.78 is 36.0. The topological polar surface area (TPSA) is 84.9 Å². The van der Waals surface area contributed by atoms with E-state index in [9.17, 15) is 13.2 Å². The molecular formula is C19H22Cl2N2O5S. The quantitative estimate of drug-likeness (QED) is 0.649. The van der Waals surface area contributed by atoms with E-state index in [-0.39, 0.29) is 15.7 Å². The zero-order valence-corrected chi connectivity index (χ0v) is 18.7. The van der Waals surface area contributed by atoms with Gasteiger partial charge in [0.15, 0.2) is 0 Å². The first-order valence-electron chi connectivity index (χ1n) is 8.50. The average molecular weight is 461 g/mol. The molecule has 0 aliphatic carbocycles. The number of rotatable bonds is 8. The molecule has 0 saturated carbocycles. The molecule has 0 heterocycles. The molecule has 0 aliphatic rings. The minimum absolute atomic E-state index is 0.201. The molecule has 1 atom stereocenters. The maximum atomic E-state index is 12.6. The van der Waals surface area contributed by atoms with Gasteiger partial charge in [0.05, 0.1) is 32.2 Å². The maximum absolute atomic E-state index is 12.6. The summed E-state index contributed by atoms with van der Waals surface area (Å²) in [6.07, 6.45) is 1.00. The van der Waals surface area contributed by atoms with E-state index in [1.807, 2.05) is 0 Å². The normalized spacial score (nSPS) is 12.2. The van der Waals surface area contributed by atoms with Crippen LogP contribution in [-0.2, 0) is 14.8 Å². The zero-order valence-electron chi connectivity index (χ0n) is 16.4. The molecule has 2 aromatic carbocycles. The van der Waals surface area contributed by atoms with Gasteiger partial charge >= 0.3 is 0 Å². The molecule has 1 N–H and O–H groups in total. The second-order valence-electron chi connectivity index (χ2n) is 6.29. The van der Waals surface area contributed by atoms with Gasteiger partial charge in [0.1, 0.15) is 18.0 Å². The molecular weight excluding hydrogens is 439 g/mol. The number of nitrogens with zero attached hydrogens (tertiary/aromatic N) is 1. The highest BCUT2D eigenvalue weighted by molar-refractivity contribution is 7.92. The van der Waals surface area contributed by atoms with Crippen LogP contribution in [0.1, 0.15) is 18.5 Å². The van der Waals surface area contributed by atoms with E-state index in [4.69, 9.17) is 32.7 Å². The van der Waals surface area contributed by atoms with Crippen LogP contribution in [0.4, 0.5) is 5.69 Å². The second kappa shape index (κ2) is 9.56. The average Bonchev–Trinajstić information content (AvgIpc) is 2.63. The van der Waals surface area contributed by atoms with Crippen LogP contribution in [-0.4, -0.2) is 41.3 Å². The molecule has 158 valence electrons. The van der Waals surface area contributed by atoms with E-state index in [1.54, 1.807) is 25.1 Å². The van der Waals surface area contributed by atoms with Crippen molar-refractivity contribution in [2.24, 2.45) is 0 Å². The standard InChI is InChI=1S/C19H22Cl2N2O5S/c1-12(17-10-16(27-2)5-6-18(17)28-3)22-19(24)11-23(29(4,25)26)15-8-13(20)7-14(21)9-15/h5-10,12H,11H2,1-4H3,(H,22,24)/t12-/m1/s1. The van der Waals surface area contributed by atoms with Crippen molar-refractivity contribution in [2.45, 2.75) is 13.0 Å². The number of ether oxygens (including phenoxy) is 2. The maximum Gasteiger partial charge on any atom is 0.241 e. The molecule has 0 bridgehead atoms. The third-order valence-corrected chi connectivity index (χ3v) is 5.68. The Bertz CT molecular complexity index is 978. The number of nitrogens with one attached hydrogen (secondary N) is 1. The number of carbonyl (C=O) groups excluding carboxylic acids is 1. The predicted octanol–water partition coefficient (Wildman–Crippen LogP) is 3.65. The molecule has 29 heavy (non-hydrogen) atoms. The lowest BCUT2D eigenvalue weighted by molar-refractivity contribution is -0.120. The molecule has 0 spiro atoms. The number of hydrogen-bond donors (Lipinski definition) is 1. The summed E-state index contributed by atoms with van der Waals surface area (Å²) >= 11 is 11.9. The van der Waals surface area contributed by atoms with Crippen molar-refractivity contribution < 1.29 is 22.7 Å². The van der Waals surface area contributed by atoms with E-state index in [1.165, 1.54) is 32.4 Å². The van der Waals surface area contributed by atoms with Crippen molar-refractivity contribution in [3.8, 4) is 11.5 Å². The Labute approximate surface area is 180 Å². The van der Waals surface area contributed by atoms with Gasteiger partial charge in [-0.15, -0.1) is 0 Å². The summed E-state index contributed by atoms with van der Waals surface area (Å²) in [4.78, 5) is 12.6. The van der Waals surface area contributed by atoms with Crippen LogP contribution < -0.4 is 19.1 Å². The number of sulfonamides is 1. The Morgan fingerprint density at radius 3 is 2.24 bits per heavy atom. The number of amides is 1. The third-order valence-electron chi connectivity index (χ3n) is 4.10. The molecule has 1 amide bonds. The molecule has 2 rings (SSSR count). The molecule has 0 fully saturated rings. The SMILES string of the molecule is COc1ccc(OC)c([C@@H](C)NC(=O)CN(c2cc(Cl)cc(Cl)c2)S(C)(=O)=O)c1. The minimum Gasteiger partial charge on any atom is -0.497 e. The van der Waals surface area contributed by atoms with Gasteiger partial charge in [0.2, 0.25) is 15.9 Å². The molecule has 0 aliphatic heterocycles. The number of halogens is 2. The Morgan fingerprint density at radius 2 is 1.72 bits per heavy atom. The van der Waals surface area contributed by atoms with E-state index >= 15 is 0 Å². The minimum atomic E-state index is -3.76. The van der Waals surface area contributed by atoms with Crippen LogP contribution in [0.5, 0.6) is 11.5 Å². The fourth-order valence-electron chi connectivity index (χ4n) is 2.76. The van der Waals surface area contributed by atoms with Crippen molar-refractivity contribution in [2.75, 3.05) is 31.3 Å². The molecule has 0 aromatic heterocycles. The lowest BCUT2D eigenvalue weighted by atomic mass is 10.1. The Morgan fingerprint density at radius 1 is 1.10 bits per heavy atom. The third kappa shape index (κ3) is 6.16. The Balaban J connectivity index is 2.25. The van der Waals surface area contributed by atoms with Gasteiger partial charge in [-0.3, -0.25) is 9.10 Å². The largest absolute Gasteiger partial charge is 0.497 e. The first kappa shape index (κ1) is 23.1. The van der Waals surface area contributed by atoms with E-state index in [2.05, 4.69) is 5.32 Å². The molecule has 0 saturated heterocycles. The van der Waals surface area contributed by atoms with Gasteiger partial charge in [0.25, 0.3) is 0 Å². The van der Waals surface area contributed by atoms with Crippen LogP contribution >= 0.6 is 23.2 Å². The highest BCUT2D eigenvalue weighted by Gasteiger charge is 2.23. The van der Waals surface area contributed by atoms with Crippen molar-refractivity contribution in [3.05, 3.63) is 52.0 Å². The summed E-state index contributed by atoms with van der Waals surface area (Å²) in [6.45, 7) is 1.32. The fourth-order valence-corrected chi connectivity index (χ4v) is 4.11. The van der Waals surface area contributed by atoms with Gasteiger partial charge in [-0.1, -0.05) is 23.2 Å². The second-order valence-corrected chi connectivity index (χ2v) is 9.07. The predicted molar refractivity (Wildman–Crippen MR) is 115 cm³/mol. The van der Waals surface area contributed by atoms with Crippen molar-refractivity contribution in [3.63, 3.8) is 0 Å². The van der Waals surface area contributed by atoms with Crippen LogP contribution in [0, 0.1) is 0 Å². The summed E-state index contributed by atoms with van der Waals surface area (Å²) in [5.74, 6) is 0.664. The molecule has 0 unspecified atom stereocenters. The number of carbonyl (C=O) groups is 1. The lowest BCUT2D eigenvalue weighted by Gasteiger charge is -2.24. The molecule has 0 radical (unpaired) electrons. The van der Waals surface area contributed by atoms with Gasteiger partial charge in [0, 0.05) is 15.6 Å². The lowest BCUT2D eigenvalue weighted by Crippen LogP contribution is -2.41. The van der Waals surface area contributed by atoms with Crippen molar-refractivity contribution in [1.29, 1.82) is 0 Å². The van der Waals surface area contributed by atoms with Gasteiger partial charge in [-0.25, -0.2) is 8.42 Å². The van der Waals surface area contributed by atoms with Crippen LogP contribution in [0.3, 0.4) is 0 Å². The highest BCUT2D eigenvalue weighted by atomic mass is 35.5. The summed E-state index contributed by atoms with van der Waals surface area (Å²) in [5.41, 5.74) is 0.892. The van der Waals surface area contributed by atoms with E-state index in [0.717, 1.165) is 10.6 Å². The van der Waals surface area contributed by atoms with Gasteiger partial charge < -0.3 is 14.8 Å². The first-order chi connectivity index (χ1) is 13.5. The van der Waals surface area contributed by atoms with Gasteiger partial charge in [-0.2, -0.15) is 0 Å². The molecule has 7 nitrogen and oxygen atoms in total. The molecule has 10 heteroatoms. The monoisotopic (exact) mass is 460 g/mol.